The molecular weight excluding hydrogens is 599 g/mol. The fourth-order valence-corrected chi connectivity index (χ4v) is 4.73. The molecule has 0 unspecified atom stereocenters. The summed E-state index contributed by atoms with van der Waals surface area (Å²) >= 11 is 0. The van der Waals surface area contributed by atoms with E-state index in [9.17, 15) is 4.79 Å². The standard InChI is InChI=1S/C25H22N.C5H8O2.Ir/c1-16(2)24-15-19(14-18-7-5-9-21(18)24)25-23-11-10-17-6-3-4-8-20(17)22(23)12-13-26-25;1-4(6)3-5(2)7;/h3-4,6,8,10-13,15-16H,5,7,9H2,1-2H3;3,6H,1-2H3;/q-1;;/b;4-3-;. The molecule has 5 rings (SSSR count). The second-order valence-electron chi connectivity index (χ2n) is 9.04. The Morgan fingerprint density at radius 3 is 2.47 bits per heavy atom. The summed E-state index contributed by atoms with van der Waals surface area (Å²) in [5, 5.41) is 13.4. The zero-order chi connectivity index (χ0) is 23.5. The molecule has 4 aromatic rings. The zero-order valence-electron chi connectivity index (χ0n) is 20.1. The largest absolute Gasteiger partial charge is 0.512 e. The molecule has 1 N–H and O–H groups in total. The van der Waals surface area contributed by atoms with E-state index in [4.69, 9.17) is 10.1 Å². The van der Waals surface area contributed by atoms with Gasteiger partial charge in [-0.05, 0) is 59.5 Å². The van der Waals surface area contributed by atoms with Gasteiger partial charge in [0.05, 0.1) is 5.76 Å². The van der Waals surface area contributed by atoms with Crippen molar-refractivity contribution in [3.63, 3.8) is 0 Å². The Labute approximate surface area is 215 Å². The SMILES string of the molecule is CC(=O)/C=C(/C)O.CC(C)c1cc(-c2nccc3c2ccc2ccccc23)[c-]c2c1CCC2.[Ir]. The molecule has 3 aromatic carbocycles. The van der Waals surface area contributed by atoms with Gasteiger partial charge in [0, 0.05) is 32.4 Å². The van der Waals surface area contributed by atoms with Crippen LogP contribution < -0.4 is 0 Å². The summed E-state index contributed by atoms with van der Waals surface area (Å²) in [6.45, 7) is 7.44. The van der Waals surface area contributed by atoms with Gasteiger partial charge in [-0.1, -0.05) is 63.1 Å². The average Bonchev–Trinajstić information content (AvgIpc) is 3.26. The second kappa shape index (κ2) is 11.1. The van der Waals surface area contributed by atoms with E-state index in [1.807, 2.05) is 6.20 Å². The molecule has 1 aliphatic carbocycles. The average molecular weight is 629 g/mol. The van der Waals surface area contributed by atoms with Crippen LogP contribution in [0.15, 0.2) is 66.6 Å². The molecule has 0 saturated heterocycles. The molecule has 0 fully saturated rings. The summed E-state index contributed by atoms with van der Waals surface area (Å²) in [5.41, 5.74) is 6.63. The van der Waals surface area contributed by atoms with Crippen LogP contribution >= 0.6 is 0 Å². The third kappa shape index (κ3) is 5.46. The normalized spacial score (nSPS) is 12.8. The maximum absolute atomic E-state index is 10.0. The number of aliphatic hydroxyl groups is 1. The van der Waals surface area contributed by atoms with Crippen LogP contribution in [0.3, 0.4) is 0 Å². The predicted octanol–water partition coefficient (Wildman–Crippen LogP) is 7.50. The Morgan fingerprint density at radius 2 is 1.79 bits per heavy atom. The third-order valence-electron chi connectivity index (χ3n) is 6.11. The summed E-state index contributed by atoms with van der Waals surface area (Å²) < 4.78 is 0. The maximum atomic E-state index is 10.0. The van der Waals surface area contributed by atoms with Crippen molar-refractivity contribution < 1.29 is 30.0 Å². The van der Waals surface area contributed by atoms with Crippen LogP contribution in [0.1, 0.15) is 56.7 Å². The molecular formula is C30H30IrNO2-. The molecule has 1 aliphatic rings. The van der Waals surface area contributed by atoms with Crippen molar-refractivity contribution in [1.29, 1.82) is 0 Å². The summed E-state index contributed by atoms with van der Waals surface area (Å²) in [4.78, 5) is 14.8. The molecule has 0 spiro atoms. The third-order valence-corrected chi connectivity index (χ3v) is 6.11. The first-order chi connectivity index (χ1) is 15.8. The Morgan fingerprint density at radius 1 is 1.03 bits per heavy atom. The van der Waals surface area contributed by atoms with Crippen molar-refractivity contribution in [1.82, 2.24) is 4.98 Å². The van der Waals surface area contributed by atoms with Crippen LogP contribution in [0, 0.1) is 6.07 Å². The van der Waals surface area contributed by atoms with Gasteiger partial charge in [0.15, 0.2) is 5.78 Å². The maximum Gasteiger partial charge on any atom is 0.155 e. The Balaban J connectivity index is 0.000000357. The smallest absolute Gasteiger partial charge is 0.155 e. The van der Waals surface area contributed by atoms with Crippen molar-refractivity contribution in [2.24, 2.45) is 0 Å². The Bertz CT molecular complexity index is 1370. The number of pyridine rings is 1. The number of nitrogens with zero attached hydrogens (tertiary/aromatic N) is 1. The molecule has 0 atom stereocenters. The quantitative estimate of drug-likeness (QED) is 0.111. The van der Waals surface area contributed by atoms with E-state index in [0.29, 0.717) is 5.92 Å². The van der Waals surface area contributed by atoms with Gasteiger partial charge < -0.3 is 10.1 Å². The molecule has 1 aromatic heterocycles. The van der Waals surface area contributed by atoms with Crippen LogP contribution in [-0.2, 0) is 37.7 Å². The van der Waals surface area contributed by atoms with Crippen LogP contribution in [-0.4, -0.2) is 15.9 Å². The zero-order valence-corrected chi connectivity index (χ0v) is 22.5. The summed E-state index contributed by atoms with van der Waals surface area (Å²) in [5.74, 6) is 0.471. The van der Waals surface area contributed by atoms with Gasteiger partial charge in [0.2, 0.25) is 0 Å². The van der Waals surface area contributed by atoms with E-state index in [1.165, 1.54) is 71.0 Å². The van der Waals surface area contributed by atoms with Gasteiger partial charge >= 0.3 is 0 Å². The molecule has 4 heteroatoms. The van der Waals surface area contributed by atoms with E-state index < -0.39 is 0 Å². The number of fused-ring (bicyclic) bond motifs is 4. The monoisotopic (exact) mass is 629 g/mol. The number of allylic oxidation sites excluding steroid dienone is 2. The Kier molecular flexibility index (Phi) is 8.41. The summed E-state index contributed by atoms with van der Waals surface area (Å²) in [6.07, 6.45) is 6.71. The first-order valence-electron chi connectivity index (χ1n) is 11.6. The fourth-order valence-electron chi connectivity index (χ4n) is 4.73. The van der Waals surface area contributed by atoms with Gasteiger partial charge in [0.1, 0.15) is 0 Å². The number of benzene rings is 3. The van der Waals surface area contributed by atoms with Crippen molar-refractivity contribution in [3.05, 3.63) is 89.3 Å². The number of hydrogen-bond donors (Lipinski definition) is 1. The topological polar surface area (TPSA) is 50.2 Å². The van der Waals surface area contributed by atoms with Gasteiger partial charge in [-0.2, -0.15) is 0 Å². The van der Waals surface area contributed by atoms with Crippen LogP contribution in [0.4, 0.5) is 0 Å². The number of carbonyl (C=O) groups is 1. The molecule has 177 valence electrons. The number of carbonyl (C=O) groups excluding carboxylic acids is 1. The molecule has 0 bridgehead atoms. The number of hydrogen-bond acceptors (Lipinski definition) is 3. The van der Waals surface area contributed by atoms with Crippen molar-refractivity contribution in [2.45, 2.75) is 52.9 Å². The van der Waals surface area contributed by atoms with E-state index in [1.54, 1.807) is 0 Å². The van der Waals surface area contributed by atoms with E-state index in [0.717, 1.165) is 17.7 Å². The van der Waals surface area contributed by atoms with Gasteiger partial charge in [0.25, 0.3) is 0 Å². The van der Waals surface area contributed by atoms with Crippen molar-refractivity contribution >= 4 is 27.3 Å². The van der Waals surface area contributed by atoms with Gasteiger partial charge in [-0.15, -0.1) is 34.4 Å². The molecule has 0 aliphatic heterocycles. The van der Waals surface area contributed by atoms with Crippen LogP contribution in [0.5, 0.6) is 0 Å². The molecule has 1 radical (unpaired) electrons. The molecule has 34 heavy (non-hydrogen) atoms. The number of aryl methyl sites for hydroxylation is 1. The number of aliphatic hydroxyl groups excluding tert-OH is 1. The van der Waals surface area contributed by atoms with Crippen molar-refractivity contribution in [2.75, 3.05) is 0 Å². The Hall–Kier alpha value is -2.81. The molecule has 3 nitrogen and oxygen atoms in total. The minimum atomic E-state index is -0.125. The fraction of sp³-hybridized carbons (Fsp3) is 0.267. The minimum Gasteiger partial charge on any atom is -0.512 e. The summed E-state index contributed by atoms with van der Waals surface area (Å²) in [6, 6.07) is 21.2. The first-order valence-corrected chi connectivity index (χ1v) is 11.6. The van der Waals surface area contributed by atoms with Gasteiger partial charge in [-0.3, -0.25) is 4.79 Å². The minimum absolute atomic E-state index is 0. The van der Waals surface area contributed by atoms with Crippen LogP contribution in [0.25, 0.3) is 32.8 Å². The number of aromatic nitrogens is 1. The molecule has 0 amide bonds. The van der Waals surface area contributed by atoms with E-state index >= 15 is 0 Å². The predicted molar refractivity (Wildman–Crippen MR) is 137 cm³/mol. The second-order valence-corrected chi connectivity index (χ2v) is 9.04. The van der Waals surface area contributed by atoms with Gasteiger partial charge in [-0.25, -0.2) is 0 Å². The molecule has 0 saturated carbocycles. The number of rotatable bonds is 3. The van der Waals surface area contributed by atoms with Crippen molar-refractivity contribution in [3.8, 4) is 11.3 Å². The van der Waals surface area contributed by atoms with E-state index in [2.05, 4.69) is 68.4 Å². The van der Waals surface area contributed by atoms with E-state index in [-0.39, 0.29) is 31.6 Å². The number of ketones is 1. The summed E-state index contributed by atoms with van der Waals surface area (Å²) in [7, 11) is 0. The first kappa shape index (κ1) is 25.8. The van der Waals surface area contributed by atoms with Crippen LogP contribution in [0.2, 0.25) is 0 Å². The molecule has 1 heterocycles.